The molecule has 114 valence electrons. The molecule has 1 aliphatic heterocycles. The molecule has 1 aromatic heterocycles. The van der Waals surface area contributed by atoms with Gasteiger partial charge in [-0.3, -0.25) is 14.4 Å². The maximum Gasteiger partial charge on any atom is 0.295 e. The molecule has 2 heterocycles. The van der Waals surface area contributed by atoms with Gasteiger partial charge in [0.1, 0.15) is 0 Å². The third-order valence-corrected chi connectivity index (χ3v) is 3.36. The van der Waals surface area contributed by atoms with Crippen LogP contribution in [0.2, 0.25) is 0 Å². The molecule has 2 amide bonds. The number of ketones is 1. The van der Waals surface area contributed by atoms with E-state index >= 15 is 0 Å². The Bertz CT molecular complexity index is 511. The molecule has 0 aromatic carbocycles. The molecule has 1 fully saturated rings. The summed E-state index contributed by atoms with van der Waals surface area (Å²) in [4.78, 5) is 36.8. The van der Waals surface area contributed by atoms with Crippen LogP contribution in [0.1, 0.15) is 17.0 Å². The summed E-state index contributed by atoms with van der Waals surface area (Å²) >= 11 is 0. The first kappa shape index (κ1) is 15.2. The summed E-state index contributed by atoms with van der Waals surface area (Å²) in [6.45, 7) is 1.89. The minimum atomic E-state index is -0.715. The first-order chi connectivity index (χ1) is 10.1. The zero-order valence-electron chi connectivity index (χ0n) is 11.8. The second-order valence-corrected chi connectivity index (χ2v) is 4.92. The Balaban J connectivity index is 1.77. The lowest BCUT2D eigenvalue weighted by Gasteiger charge is -2.15. The molecule has 0 spiro atoms. The summed E-state index contributed by atoms with van der Waals surface area (Å²) in [5, 5.41) is 2.55. The molecule has 1 atom stereocenters. The van der Waals surface area contributed by atoms with Gasteiger partial charge in [-0.2, -0.15) is 0 Å². The van der Waals surface area contributed by atoms with Gasteiger partial charge in [0.15, 0.2) is 5.76 Å². The summed E-state index contributed by atoms with van der Waals surface area (Å²) in [5.74, 6) is -1.35. The minimum absolute atomic E-state index is 0.0109. The van der Waals surface area contributed by atoms with Crippen LogP contribution in [-0.2, 0) is 14.3 Å². The van der Waals surface area contributed by atoms with E-state index in [0.29, 0.717) is 32.7 Å². The first-order valence-electron chi connectivity index (χ1n) is 6.74. The van der Waals surface area contributed by atoms with Gasteiger partial charge >= 0.3 is 0 Å². The molecule has 1 saturated heterocycles. The predicted molar refractivity (Wildman–Crippen MR) is 72.6 cm³/mol. The zero-order chi connectivity index (χ0) is 15.2. The summed E-state index contributed by atoms with van der Waals surface area (Å²) in [6, 6.07) is 2.98. The topological polar surface area (TPSA) is 88.8 Å². The van der Waals surface area contributed by atoms with E-state index in [1.54, 1.807) is 18.1 Å². The molecular formula is C14H18N2O5. The Morgan fingerprint density at radius 3 is 3.00 bits per heavy atom. The van der Waals surface area contributed by atoms with Crippen molar-refractivity contribution in [2.24, 2.45) is 5.92 Å². The number of nitrogens with one attached hydrogen (secondary N) is 1. The van der Waals surface area contributed by atoms with Crippen LogP contribution in [0, 0.1) is 5.92 Å². The number of nitrogens with zero attached hydrogens (tertiary/aromatic N) is 1. The van der Waals surface area contributed by atoms with Gasteiger partial charge in [0.05, 0.1) is 12.9 Å². The molecule has 0 unspecified atom stereocenters. The number of rotatable bonds is 7. The van der Waals surface area contributed by atoms with Gasteiger partial charge < -0.3 is 19.4 Å². The monoisotopic (exact) mass is 294 g/mol. The molecular weight excluding hydrogens is 276 g/mol. The van der Waals surface area contributed by atoms with Gasteiger partial charge in [0.2, 0.25) is 5.91 Å². The lowest BCUT2D eigenvalue weighted by Crippen LogP contribution is -2.36. The Morgan fingerprint density at radius 2 is 2.33 bits per heavy atom. The van der Waals surface area contributed by atoms with Crippen molar-refractivity contribution in [3.63, 3.8) is 0 Å². The van der Waals surface area contributed by atoms with Gasteiger partial charge in [-0.25, -0.2) is 0 Å². The van der Waals surface area contributed by atoms with Crippen LogP contribution in [0.4, 0.5) is 0 Å². The lowest BCUT2D eigenvalue weighted by molar-refractivity contribution is -0.128. The number of methoxy groups -OCH3 is 1. The highest BCUT2D eigenvalue weighted by atomic mass is 16.5. The maximum atomic E-state index is 11.7. The van der Waals surface area contributed by atoms with Gasteiger partial charge in [0, 0.05) is 39.1 Å². The largest absolute Gasteiger partial charge is 0.461 e. The SMILES string of the molecule is COCCN1C[C@H](CNC(=O)C(=O)c2ccco2)CC1=O. The van der Waals surface area contributed by atoms with Crippen LogP contribution in [0.25, 0.3) is 0 Å². The molecule has 1 N–H and O–H groups in total. The van der Waals surface area contributed by atoms with E-state index < -0.39 is 11.7 Å². The standard InChI is InChI=1S/C14H18N2O5/c1-20-6-4-16-9-10(7-12(16)17)8-15-14(19)13(18)11-3-2-5-21-11/h2-3,5,10H,4,6-9H2,1H3,(H,15,19)/t10-/m0/s1. The van der Waals surface area contributed by atoms with Crippen molar-refractivity contribution in [1.82, 2.24) is 10.2 Å². The number of furan rings is 1. The maximum absolute atomic E-state index is 11.7. The summed E-state index contributed by atoms with van der Waals surface area (Å²) < 4.78 is 9.82. The highest BCUT2D eigenvalue weighted by Gasteiger charge is 2.30. The van der Waals surface area contributed by atoms with Crippen LogP contribution >= 0.6 is 0 Å². The highest BCUT2D eigenvalue weighted by molar-refractivity contribution is 6.42. The number of carbonyl (C=O) groups excluding carboxylic acids is 3. The van der Waals surface area contributed by atoms with E-state index in [-0.39, 0.29) is 17.6 Å². The number of likely N-dealkylation sites (tertiary alicyclic amines) is 1. The highest BCUT2D eigenvalue weighted by Crippen LogP contribution is 2.16. The quantitative estimate of drug-likeness (QED) is 0.568. The third-order valence-electron chi connectivity index (χ3n) is 3.36. The average molecular weight is 294 g/mol. The van der Waals surface area contributed by atoms with Crippen LogP contribution in [0.5, 0.6) is 0 Å². The van der Waals surface area contributed by atoms with E-state index in [1.165, 1.54) is 12.3 Å². The van der Waals surface area contributed by atoms with Crippen LogP contribution in [0.3, 0.4) is 0 Å². The molecule has 21 heavy (non-hydrogen) atoms. The van der Waals surface area contributed by atoms with Gasteiger partial charge in [-0.15, -0.1) is 0 Å². The fourth-order valence-electron chi connectivity index (χ4n) is 2.25. The van der Waals surface area contributed by atoms with E-state index in [2.05, 4.69) is 5.32 Å². The van der Waals surface area contributed by atoms with E-state index in [0.717, 1.165) is 0 Å². The van der Waals surface area contributed by atoms with E-state index in [4.69, 9.17) is 9.15 Å². The third kappa shape index (κ3) is 3.91. The fraction of sp³-hybridized carbons (Fsp3) is 0.500. The molecule has 2 rings (SSSR count). The van der Waals surface area contributed by atoms with Gasteiger partial charge in [0.25, 0.3) is 11.7 Å². The smallest absolute Gasteiger partial charge is 0.295 e. The minimum Gasteiger partial charge on any atom is -0.461 e. The van der Waals surface area contributed by atoms with E-state index in [9.17, 15) is 14.4 Å². The number of amides is 2. The number of ether oxygens (including phenoxy) is 1. The molecule has 0 radical (unpaired) electrons. The zero-order valence-corrected chi connectivity index (χ0v) is 11.8. The van der Waals surface area contributed by atoms with Crippen molar-refractivity contribution in [3.8, 4) is 0 Å². The Labute approximate surface area is 122 Å². The van der Waals surface area contributed by atoms with Crippen molar-refractivity contribution in [2.75, 3.05) is 33.4 Å². The number of Topliss-reactive ketones (excluding diaryl/α,β-unsaturated/α-hetero) is 1. The normalized spacial score (nSPS) is 18.0. The van der Waals surface area contributed by atoms with Crippen molar-refractivity contribution < 1.29 is 23.5 Å². The predicted octanol–water partition coefficient (Wildman–Crippen LogP) is 0.0734. The summed E-state index contributed by atoms with van der Waals surface area (Å²) in [5.41, 5.74) is 0. The molecule has 7 heteroatoms. The van der Waals surface area contributed by atoms with Crippen LogP contribution in [-0.4, -0.2) is 55.8 Å². The van der Waals surface area contributed by atoms with Gasteiger partial charge in [-0.05, 0) is 12.1 Å². The molecule has 0 bridgehead atoms. The Hall–Kier alpha value is -2.15. The van der Waals surface area contributed by atoms with Crippen molar-refractivity contribution >= 4 is 17.6 Å². The molecule has 0 aliphatic carbocycles. The average Bonchev–Trinajstić information content (AvgIpc) is 3.11. The first-order valence-corrected chi connectivity index (χ1v) is 6.74. The number of hydrogen-bond donors (Lipinski definition) is 1. The second kappa shape index (κ2) is 7.03. The van der Waals surface area contributed by atoms with E-state index in [1.807, 2.05) is 0 Å². The van der Waals surface area contributed by atoms with Crippen LogP contribution < -0.4 is 5.32 Å². The summed E-state index contributed by atoms with van der Waals surface area (Å²) in [7, 11) is 1.58. The van der Waals surface area contributed by atoms with Crippen LogP contribution in [0.15, 0.2) is 22.8 Å². The molecule has 0 saturated carbocycles. The molecule has 1 aliphatic rings. The second-order valence-electron chi connectivity index (χ2n) is 4.92. The Morgan fingerprint density at radius 1 is 1.52 bits per heavy atom. The van der Waals surface area contributed by atoms with Crippen molar-refractivity contribution in [2.45, 2.75) is 6.42 Å². The molecule has 1 aromatic rings. The summed E-state index contributed by atoms with van der Waals surface area (Å²) in [6.07, 6.45) is 1.71. The lowest BCUT2D eigenvalue weighted by atomic mass is 10.1. The van der Waals surface area contributed by atoms with Crippen molar-refractivity contribution in [1.29, 1.82) is 0 Å². The fourth-order valence-corrected chi connectivity index (χ4v) is 2.25. The van der Waals surface area contributed by atoms with Crippen molar-refractivity contribution in [3.05, 3.63) is 24.2 Å². The number of carbonyl (C=O) groups is 3. The number of hydrogen-bond acceptors (Lipinski definition) is 5. The van der Waals surface area contributed by atoms with Gasteiger partial charge in [-0.1, -0.05) is 0 Å². The Kier molecular flexibility index (Phi) is 5.10. The molecule has 7 nitrogen and oxygen atoms in total.